The number of benzene rings is 1. The number of sulfonamides is 1. The molecule has 1 heterocycles. The summed E-state index contributed by atoms with van der Waals surface area (Å²) in [6, 6.07) is 3.55. The van der Waals surface area contributed by atoms with Gasteiger partial charge in [0.2, 0.25) is 10.0 Å². The number of likely N-dealkylation sites (N-methyl/N-ethyl adjacent to an activating group) is 1. The van der Waals surface area contributed by atoms with Crippen molar-refractivity contribution in [2.45, 2.75) is 17.7 Å². The van der Waals surface area contributed by atoms with Crippen molar-refractivity contribution in [2.75, 3.05) is 33.2 Å². The average Bonchev–Trinajstić information content (AvgIpc) is 2.42. The van der Waals surface area contributed by atoms with Crippen LogP contribution in [0.5, 0.6) is 0 Å². The van der Waals surface area contributed by atoms with Crippen molar-refractivity contribution in [3.05, 3.63) is 27.7 Å². The van der Waals surface area contributed by atoms with E-state index in [9.17, 15) is 8.42 Å². The van der Waals surface area contributed by atoms with Crippen LogP contribution in [0.1, 0.15) is 11.1 Å². The van der Waals surface area contributed by atoms with E-state index >= 15 is 0 Å². The van der Waals surface area contributed by atoms with Gasteiger partial charge < -0.3 is 4.90 Å². The maximum atomic E-state index is 12.8. The van der Waals surface area contributed by atoms with Crippen molar-refractivity contribution in [1.29, 1.82) is 0 Å². The topological polar surface area (TPSA) is 40.6 Å². The van der Waals surface area contributed by atoms with E-state index in [0.29, 0.717) is 23.9 Å². The second-order valence-electron chi connectivity index (χ2n) is 5.04. The zero-order chi connectivity index (χ0) is 14.9. The molecule has 0 bridgehead atoms. The van der Waals surface area contributed by atoms with Crippen LogP contribution in [0.2, 0.25) is 0 Å². The fourth-order valence-electron chi connectivity index (χ4n) is 2.22. The predicted octanol–water partition coefficient (Wildman–Crippen LogP) is 2.43. The van der Waals surface area contributed by atoms with E-state index in [4.69, 9.17) is 11.6 Å². The van der Waals surface area contributed by atoms with Crippen LogP contribution < -0.4 is 0 Å². The summed E-state index contributed by atoms with van der Waals surface area (Å²) in [4.78, 5) is 2.48. The van der Waals surface area contributed by atoms with Crippen molar-refractivity contribution < 1.29 is 8.42 Å². The Hall–Kier alpha value is -0.140. The number of rotatable bonds is 3. The Balaban J connectivity index is 2.41. The number of alkyl halides is 1. The van der Waals surface area contributed by atoms with Gasteiger partial charge in [0.25, 0.3) is 0 Å². The quantitative estimate of drug-likeness (QED) is 0.755. The first kappa shape index (κ1) is 16.2. The highest BCUT2D eigenvalue weighted by atomic mass is 79.9. The van der Waals surface area contributed by atoms with Gasteiger partial charge in [0.1, 0.15) is 0 Å². The number of halogens is 2. The van der Waals surface area contributed by atoms with Gasteiger partial charge in [-0.1, -0.05) is 15.9 Å². The molecule has 1 aromatic carbocycles. The lowest BCUT2D eigenvalue weighted by molar-refractivity contribution is 0.222. The van der Waals surface area contributed by atoms with Crippen LogP contribution in [0.3, 0.4) is 0 Å². The van der Waals surface area contributed by atoms with Crippen molar-refractivity contribution >= 4 is 37.6 Å². The normalized spacial score (nSPS) is 18.4. The first-order valence-electron chi connectivity index (χ1n) is 6.40. The van der Waals surface area contributed by atoms with Crippen molar-refractivity contribution in [2.24, 2.45) is 0 Å². The molecule has 1 aliphatic heterocycles. The van der Waals surface area contributed by atoms with E-state index in [2.05, 4.69) is 20.8 Å². The summed E-state index contributed by atoms with van der Waals surface area (Å²) < 4.78 is 27.9. The van der Waals surface area contributed by atoms with Gasteiger partial charge in [-0.05, 0) is 37.2 Å². The SMILES string of the molecule is Cc1c(Br)cc(CCl)cc1S(=O)(=O)N1CCN(C)CC1. The zero-order valence-electron chi connectivity index (χ0n) is 11.6. The molecular weight excluding hydrogens is 364 g/mol. The summed E-state index contributed by atoms with van der Waals surface area (Å²) >= 11 is 9.26. The molecule has 0 aliphatic carbocycles. The van der Waals surface area contributed by atoms with Gasteiger partial charge in [-0.25, -0.2) is 8.42 Å². The van der Waals surface area contributed by atoms with Crippen LogP contribution in [0.25, 0.3) is 0 Å². The Morgan fingerprint density at radius 3 is 2.40 bits per heavy atom. The van der Waals surface area contributed by atoms with Crippen molar-refractivity contribution in [3.8, 4) is 0 Å². The Kier molecular flexibility index (Phi) is 5.13. The maximum Gasteiger partial charge on any atom is 0.243 e. The van der Waals surface area contributed by atoms with Crippen LogP contribution in [0, 0.1) is 6.92 Å². The zero-order valence-corrected chi connectivity index (χ0v) is 14.7. The molecule has 1 aliphatic rings. The Morgan fingerprint density at radius 1 is 1.25 bits per heavy atom. The molecule has 1 saturated heterocycles. The van der Waals surface area contributed by atoms with E-state index in [1.807, 2.05) is 20.0 Å². The fourth-order valence-corrected chi connectivity index (χ4v) is 4.73. The first-order valence-corrected chi connectivity index (χ1v) is 9.16. The van der Waals surface area contributed by atoms with Gasteiger partial charge in [-0.3, -0.25) is 0 Å². The van der Waals surface area contributed by atoms with Gasteiger partial charge >= 0.3 is 0 Å². The second kappa shape index (κ2) is 6.32. The lowest BCUT2D eigenvalue weighted by Gasteiger charge is -2.32. The first-order chi connectivity index (χ1) is 9.36. The molecule has 0 N–H and O–H groups in total. The molecule has 0 atom stereocenters. The Bertz CT molecular complexity index is 599. The largest absolute Gasteiger partial charge is 0.304 e. The summed E-state index contributed by atoms with van der Waals surface area (Å²) in [5, 5.41) is 0. The van der Waals surface area contributed by atoms with Gasteiger partial charge in [0, 0.05) is 36.5 Å². The maximum absolute atomic E-state index is 12.8. The smallest absolute Gasteiger partial charge is 0.243 e. The van der Waals surface area contributed by atoms with E-state index in [1.54, 1.807) is 10.4 Å². The van der Waals surface area contributed by atoms with Gasteiger partial charge in [0.05, 0.1) is 4.90 Å². The third kappa shape index (κ3) is 3.20. The minimum absolute atomic E-state index is 0.296. The molecule has 2 rings (SSSR count). The minimum atomic E-state index is -3.45. The van der Waals surface area contributed by atoms with Gasteiger partial charge in [-0.15, -0.1) is 11.6 Å². The highest BCUT2D eigenvalue weighted by molar-refractivity contribution is 9.10. The molecule has 0 aromatic heterocycles. The summed E-state index contributed by atoms with van der Waals surface area (Å²) in [6.45, 7) is 4.39. The monoisotopic (exact) mass is 380 g/mol. The second-order valence-corrected chi connectivity index (χ2v) is 8.07. The summed E-state index contributed by atoms with van der Waals surface area (Å²) in [6.07, 6.45) is 0. The molecule has 1 aromatic rings. The standard InChI is InChI=1S/C13H18BrClN2O2S/c1-10-12(14)7-11(9-15)8-13(10)20(18,19)17-5-3-16(2)4-6-17/h7-8H,3-6,9H2,1-2H3. The van der Waals surface area contributed by atoms with E-state index in [-0.39, 0.29) is 0 Å². The number of hydrogen-bond donors (Lipinski definition) is 0. The lowest BCUT2D eigenvalue weighted by atomic mass is 10.2. The Labute approximate surface area is 133 Å². The van der Waals surface area contributed by atoms with Crippen LogP contribution in [0.4, 0.5) is 0 Å². The summed E-state index contributed by atoms with van der Waals surface area (Å²) in [5.74, 6) is 0.296. The average molecular weight is 382 g/mol. The van der Waals surface area contributed by atoms with Crippen LogP contribution >= 0.6 is 27.5 Å². The highest BCUT2D eigenvalue weighted by Gasteiger charge is 2.29. The fraction of sp³-hybridized carbons (Fsp3) is 0.538. The summed E-state index contributed by atoms with van der Waals surface area (Å²) in [7, 11) is -1.45. The molecular formula is C13H18BrClN2O2S. The number of piperazine rings is 1. The molecule has 0 spiro atoms. The molecule has 112 valence electrons. The third-order valence-corrected chi connectivity index (χ3v) is 6.75. The molecule has 7 heteroatoms. The van der Waals surface area contributed by atoms with E-state index < -0.39 is 10.0 Å². The molecule has 0 radical (unpaired) electrons. The van der Waals surface area contributed by atoms with Crippen LogP contribution in [-0.4, -0.2) is 50.8 Å². The van der Waals surface area contributed by atoms with Crippen LogP contribution in [0.15, 0.2) is 21.5 Å². The predicted molar refractivity (Wildman–Crippen MR) is 84.7 cm³/mol. The van der Waals surface area contributed by atoms with Crippen LogP contribution in [-0.2, 0) is 15.9 Å². The molecule has 20 heavy (non-hydrogen) atoms. The van der Waals surface area contributed by atoms with E-state index in [1.165, 1.54) is 0 Å². The Morgan fingerprint density at radius 2 is 1.85 bits per heavy atom. The molecule has 0 unspecified atom stereocenters. The van der Waals surface area contributed by atoms with Gasteiger partial charge in [-0.2, -0.15) is 4.31 Å². The highest BCUT2D eigenvalue weighted by Crippen LogP contribution is 2.29. The van der Waals surface area contributed by atoms with Crippen molar-refractivity contribution in [3.63, 3.8) is 0 Å². The summed E-state index contributed by atoms with van der Waals surface area (Å²) in [5.41, 5.74) is 1.54. The molecule has 4 nitrogen and oxygen atoms in total. The van der Waals surface area contributed by atoms with E-state index in [0.717, 1.165) is 28.7 Å². The molecule has 0 saturated carbocycles. The number of nitrogens with zero attached hydrogens (tertiary/aromatic N) is 2. The molecule has 1 fully saturated rings. The third-order valence-electron chi connectivity index (χ3n) is 3.59. The molecule has 0 amide bonds. The van der Waals surface area contributed by atoms with Gasteiger partial charge in [0.15, 0.2) is 0 Å². The van der Waals surface area contributed by atoms with Crippen molar-refractivity contribution in [1.82, 2.24) is 9.21 Å². The minimum Gasteiger partial charge on any atom is -0.304 e. The lowest BCUT2D eigenvalue weighted by Crippen LogP contribution is -2.47. The number of hydrogen-bond acceptors (Lipinski definition) is 3.